The molecule has 0 radical (unpaired) electrons. The molecule has 0 aliphatic carbocycles. The van der Waals surface area contributed by atoms with Crippen LogP contribution >= 0.6 is 0 Å². The monoisotopic (exact) mass is 364 g/mol. The van der Waals surface area contributed by atoms with E-state index in [1.54, 1.807) is 0 Å². The van der Waals surface area contributed by atoms with Crippen LogP contribution in [0.4, 0.5) is 0 Å². The van der Waals surface area contributed by atoms with E-state index in [0.717, 1.165) is 31.9 Å². The minimum atomic E-state index is -2.05. The van der Waals surface area contributed by atoms with Gasteiger partial charge >= 0.3 is 0 Å². The lowest BCUT2D eigenvalue weighted by molar-refractivity contribution is 0.0737. The van der Waals surface area contributed by atoms with E-state index >= 15 is 0 Å². The van der Waals surface area contributed by atoms with Crippen LogP contribution < -0.4 is 10.4 Å². The second-order valence-corrected chi connectivity index (χ2v) is 13.5. The van der Waals surface area contributed by atoms with Gasteiger partial charge in [0.2, 0.25) is 0 Å². The van der Waals surface area contributed by atoms with Crippen molar-refractivity contribution in [2.45, 2.75) is 57.2 Å². The summed E-state index contributed by atoms with van der Waals surface area (Å²) >= 11 is 0. The minimum absolute atomic E-state index is 0.187. The molecular weight excluding hydrogens is 332 g/mol. The fourth-order valence-electron chi connectivity index (χ4n) is 4.55. The number of hydrogen-bond acceptors (Lipinski definition) is 1. The zero-order chi connectivity index (χ0) is 18.6. The molecule has 1 aliphatic heterocycles. The van der Waals surface area contributed by atoms with E-state index in [9.17, 15) is 0 Å². The highest BCUT2D eigenvalue weighted by molar-refractivity contribution is 7.04. The third-order valence-electron chi connectivity index (χ3n) is 5.89. The number of benzene rings is 2. The molecular formula is C24H32OSi. The summed E-state index contributed by atoms with van der Waals surface area (Å²) in [4.78, 5) is 0. The molecule has 0 N–H and O–H groups in total. The molecule has 1 saturated heterocycles. The van der Waals surface area contributed by atoms with Crippen molar-refractivity contribution in [1.29, 1.82) is 0 Å². The summed E-state index contributed by atoms with van der Waals surface area (Å²) in [5.74, 6) is 0. The summed E-state index contributed by atoms with van der Waals surface area (Å²) in [6.07, 6.45) is 3.49. The minimum Gasteiger partial charge on any atom is -0.378 e. The second-order valence-electron chi connectivity index (χ2n) is 8.64. The predicted molar refractivity (Wildman–Crippen MR) is 115 cm³/mol. The Morgan fingerprint density at radius 2 is 1.50 bits per heavy atom. The van der Waals surface area contributed by atoms with Gasteiger partial charge in [-0.25, -0.2) is 0 Å². The molecule has 2 aromatic rings. The molecule has 0 aromatic heterocycles. The highest BCUT2D eigenvalue weighted by Gasteiger charge is 2.48. The topological polar surface area (TPSA) is 9.23 Å². The summed E-state index contributed by atoms with van der Waals surface area (Å²) in [5.41, 5.74) is 1.35. The van der Waals surface area contributed by atoms with E-state index in [4.69, 9.17) is 4.74 Å². The van der Waals surface area contributed by atoms with Crippen LogP contribution in [0.5, 0.6) is 0 Å². The fraction of sp³-hybridized carbons (Fsp3) is 0.417. The van der Waals surface area contributed by atoms with Crippen molar-refractivity contribution in [2.24, 2.45) is 0 Å². The van der Waals surface area contributed by atoms with E-state index in [2.05, 4.69) is 88.0 Å². The van der Waals surface area contributed by atoms with Crippen LogP contribution in [0.3, 0.4) is 0 Å². The largest absolute Gasteiger partial charge is 0.378 e. The molecule has 138 valence electrons. The van der Waals surface area contributed by atoms with E-state index in [-0.39, 0.29) is 11.1 Å². The lowest BCUT2D eigenvalue weighted by Gasteiger charge is -2.46. The molecule has 1 unspecified atom stereocenters. The van der Waals surface area contributed by atoms with Crippen LogP contribution in [0.2, 0.25) is 11.1 Å². The van der Waals surface area contributed by atoms with Crippen LogP contribution in [-0.2, 0) is 4.74 Å². The Kier molecular flexibility index (Phi) is 5.84. The highest BCUT2D eigenvalue weighted by Crippen LogP contribution is 2.41. The fourth-order valence-corrected chi connectivity index (χ4v) is 10.2. The maximum atomic E-state index is 6.34. The SMILES string of the molecule is C=C1CCCOC(C[Si](c2ccccc2)(c2ccccc2)C(C)(C)C)C1. The second kappa shape index (κ2) is 7.94. The average Bonchev–Trinajstić information content (AvgIpc) is 2.84. The van der Waals surface area contributed by atoms with Crippen LogP contribution in [0.1, 0.15) is 40.0 Å². The van der Waals surface area contributed by atoms with Gasteiger partial charge in [-0.05, 0) is 30.3 Å². The first-order valence-electron chi connectivity index (χ1n) is 9.83. The van der Waals surface area contributed by atoms with Crippen LogP contribution in [0.15, 0.2) is 72.8 Å². The van der Waals surface area contributed by atoms with E-state index in [1.807, 2.05) is 0 Å². The van der Waals surface area contributed by atoms with E-state index < -0.39 is 8.07 Å². The molecule has 2 aromatic carbocycles. The molecule has 0 saturated carbocycles. The van der Waals surface area contributed by atoms with Crippen molar-refractivity contribution >= 4 is 18.4 Å². The first-order valence-corrected chi connectivity index (χ1v) is 12.0. The molecule has 0 spiro atoms. The lowest BCUT2D eigenvalue weighted by Crippen LogP contribution is -2.65. The molecule has 1 aliphatic rings. The van der Waals surface area contributed by atoms with Gasteiger partial charge in [-0.2, -0.15) is 0 Å². The Hall–Kier alpha value is -1.64. The molecule has 1 fully saturated rings. The van der Waals surface area contributed by atoms with Crippen molar-refractivity contribution in [2.75, 3.05) is 6.61 Å². The van der Waals surface area contributed by atoms with Crippen LogP contribution in [0.25, 0.3) is 0 Å². The molecule has 1 heterocycles. The first kappa shape index (κ1) is 19.1. The molecule has 0 bridgehead atoms. The molecule has 1 atom stereocenters. The van der Waals surface area contributed by atoms with E-state index in [0.29, 0.717) is 0 Å². The smallest absolute Gasteiger partial charge is 0.125 e. The summed E-state index contributed by atoms with van der Waals surface area (Å²) in [5, 5.41) is 3.21. The zero-order valence-corrected chi connectivity index (χ0v) is 17.5. The first-order chi connectivity index (χ1) is 12.4. The van der Waals surface area contributed by atoms with Gasteiger partial charge in [-0.3, -0.25) is 0 Å². The third kappa shape index (κ3) is 3.87. The van der Waals surface area contributed by atoms with Crippen molar-refractivity contribution in [3.8, 4) is 0 Å². The van der Waals surface area contributed by atoms with Gasteiger partial charge in [-0.15, -0.1) is 0 Å². The summed E-state index contributed by atoms with van der Waals surface area (Å²) in [7, 11) is -2.05. The Bertz CT molecular complexity index is 675. The van der Waals surface area contributed by atoms with E-state index in [1.165, 1.54) is 15.9 Å². The Labute approximate surface area is 160 Å². The maximum Gasteiger partial charge on any atom is 0.125 e. The quantitative estimate of drug-likeness (QED) is 0.537. The normalized spacial score (nSPS) is 19.2. The van der Waals surface area contributed by atoms with Crippen molar-refractivity contribution in [3.63, 3.8) is 0 Å². The summed E-state index contributed by atoms with van der Waals surface area (Å²) < 4.78 is 6.34. The Morgan fingerprint density at radius 3 is 2.00 bits per heavy atom. The van der Waals surface area contributed by atoms with Crippen LogP contribution in [0, 0.1) is 0 Å². The highest BCUT2D eigenvalue weighted by atomic mass is 28.3. The van der Waals surface area contributed by atoms with Gasteiger partial charge in [0.25, 0.3) is 0 Å². The van der Waals surface area contributed by atoms with Crippen LogP contribution in [-0.4, -0.2) is 20.8 Å². The van der Waals surface area contributed by atoms with Crippen molar-refractivity contribution in [1.82, 2.24) is 0 Å². The van der Waals surface area contributed by atoms with Gasteiger partial charge in [-0.1, -0.05) is 104 Å². The zero-order valence-electron chi connectivity index (χ0n) is 16.5. The van der Waals surface area contributed by atoms with Gasteiger partial charge in [0.15, 0.2) is 0 Å². The molecule has 2 heteroatoms. The van der Waals surface area contributed by atoms with Gasteiger partial charge in [0.05, 0.1) is 6.10 Å². The molecule has 0 amide bonds. The number of hydrogen-bond donors (Lipinski definition) is 0. The van der Waals surface area contributed by atoms with Gasteiger partial charge < -0.3 is 4.74 Å². The van der Waals surface area contributed by atoms with Crippen molar-refractivity contribution in [3.05, 3.63) is 72.8 Å². The Balaban J connectivity index is 2.12. The predicted octanol–water partition coefficient (Wildman–Crippen LogP) is 5.18. The molecule has 1 nitrogen and oxygen atoms in total. The third-order valence-corrected chi connectivity index (χ3v) is 12.2. The summed E-state index contributed by atoms with van der Waals surface area (Å²) in [6, 6.07) is 23.5. The standard InChI is InChI=1S/C24H32OSi/c1-20-12-11-17-25-21(18-20)19-26(24(2,3)4,22-13-7-5-8-14-22)23-15-9-6-10-16-23/h5-10,13-16,21H,1,11-12,17-19H2,2-4H3. The summed E-state index contributed by atoms with van der Waals surface area (Å²) in [6.45, 7) is 12.4. The molecule has 26 heavy (non-hydrogen) atoms. The van der Waals surface area contributed by atoms with Gasteiger partial charge in [0, 0.05) is 6.61 Å². The lowest BCUT2D eigenvalue weighted by atomic mass is 10.1. The Morgan fingerprint density at radius 1 is 0.962 bits per heavy atom. The maximum absolute atomic E-state index is 6.34. The van der Waals surface area contributed by atoms with Crippen molar-refractivity contribution < 1.29 is 4.74 Å². The van der Waals surface area contributed by atoms with Gasteiger partial charge in [0.1, 0.15) is 8.07 Å². The average molecular weight is 365 g/mol. The molecule has 3 rings (SSSR count). The number of ether oxygens (including phenoxy) is 1. The number of rotatable bonds is 4.